The Kier molecular flexibility index (Phi) is 6.71. The molecule has 5 nitrogen and oxygen atoms in total. The van der Waals surface area contributed by atoms with Gasteiger partial charge in [0.15, 0.2) is 0 Å². The standard InChI is InChI=1S/C22H24N2O3S2/c1-16(2)18-7-11-21(12-8-18)29(26,27)24-19-9-5-17(6-10-19)14-22(25)23-15-20-4-3-13-28-20/h3-13,16,24H,14-15H2,1-2H3,(H,23,25). The van der Waals surface area contributed by atoms with Crippen molar-refractivity contribution in [2.75, 3.05) is 4.72 Å². The smallest absolute Gasteiger partial charge is 0.261 e. The molecule has 0 fully saturated rings. The Labute approximate surface area is 175 Å². The molecular weight excluding hydrogens is 404 g/mol. The molecule has 3 rings (SSSR count). The predicted molar refractivity (Wildman–Crippen MR) is 118 cm³/mol. The third-order valence-electron chi connectivity index (χ3n) is 4.47. The number of benzene rings is 2. The molecule has 0 saturated carbocycles. The van der Waals surface area contributed by atoms with Crippen LogP contribution in [0.3, 0.4) is 0 Å². The molecule has 0 atom stereocenters. The van der Waals surface area contributed by atoms with E-state index in [1.165, 1.54) is 0 Å². The molecule has 2 N–H and O–H groups in total. The molecule has 29 heavy (non-hydrogen) atoms. The first-order valence-electron chi connectivity index (χ1n) is 9.34. The number of thiophene rings is 1. The third-order valence-corrected chi connectivity index (χ3v) is 6.74. The summed E-state index contributed by atoms with van der Waals surface area (Å²) in [7, 11) is -3.65. The Hall–Kier alpha value is -2.64. The summed E-state index contributed by atoms with van der Waals surface area (Å²) in [4.78, 5) is 13.4. The summed E-state index contributed by atoms with van der Waals surface area (Å²) in [6.45, 7) is 4.64. The SMILES string of the molecule is CC(C)c1ccc(S(=O)(=O)Nc2ccc(CC(=O)NCc3cccs3)cc2)cc1. The van der Waals surface area contributed by atoms with Gasteiger partial charge in [0.2, 0.25) is 5.91 Å². The number of rotatable bonds is 8. The van der Waals surface area contributed by atoms with E-state index in [0.29, 0.717) is 18.2 Å². The van der Waals surface area contributed by atoms with Gasteiger partial charge in [-0.15, -0.1) is 11.3 Å². The van der Waals surface area contributed by atoms with Gasteiger partial charge < -0.3 is 5.32 Å². The second-order valence-corrected chi connectivity index (χ2v) is 9.77. The van der Waals surface area contributed by atoms with Crippen LogP contribution in [0, 0.1) is 0 Å². The van der Waals surface area contributed by atoms with Crippen molar-refractivity contribution in [3.8, 4) is 0 Å². The van der Waals surface area contributed by atoms with E-state index in [4.69, 9.17) is 0 Å². The molecule has 1 heterocycles. The molecule has 0 aliphatic rings. The first kappa shape index (κ1) is 21.1. The lowest BCUT2D eigenvalue weighted by Crippen LogP contribution is -2.24. The summed E-state index contributed by atoms with van der Waals surface area (Å²) < 4.78 is 27.7. The topological polar surface area (TPSA) is 75.3 Å². The monoisotopic (exact) mass is 428 g/mol. The highest BCUT2D eigenvalue weighted by atomic mass is 32.2. The zero-order valence-corrected chi connectivity index (χ0v) is 18.0. The Morgan fingerprint density at radius 3 is 2.28 bits per heavy atom. The van der Waals surface area contributed by atoms with E-state index in [0.717, 1.165) is 16.0 Å². The molecule has 0 unspecified atom stereocenters. The fourth-order valence-corrected chi connectivity index (χ4v) is 4.49. The van der Waals surface area contributed by atoms with E-state index >= 15 is 0 Å². The normalized spacial score (nSPS) is 11.4. The Balaban J connectivity index is 1.58. The van der Waals surface area contributed by atoms with Crippen molar-refractivity contribution in [3.05, 3.63) is 82.0 Å². The maximum atomic E-state index is 12.6. The highest BCUT2D eigenvalue weighted by molar-refractivity contribution is 7.92. The molecule has 3 aromatic rings. The number of anilines is 1. The summed E-state index contributed by atoms with van der Waals surface area (Å²) in [6, 6.07) is 17.7. The van der Waals surface area contributed by atoms with Gasteiger partial charge in [-0.25, -0.2) is 8.42 Å². The van der Waals surface area contributed by atoms with Gasteiger partial charge in [-0.05, 0) is 52.8 Å². The summed E-state index contributed by atoms with van der Waals surface area (Å²) in [5.41, 5.74) is 2.37. The molecule has 0 radical (unpaired) electrons. The maximum absolute atomic E-state index is 12.6. The van der Waals surface area contributed by atoms with E-state index in [1.807, 2.05) is 29.6 Å². The fraction of sp³-hybridized carbons (Fsp3) is 0.227. The summed E-state index contributed by atoms with van der Waals surface area (Å²) in [5.74, 6) is 0.270. The second-order valence-electron chi connectivity index (χ2n) is 7.06. The molecule has 0 aliphatic carbocycles. The Bertz CT molecular complexity index is 1040. The molecule has 1 aromatic heterocycles. The lowest BCUT2D eigenvalue weighted by molar-refractivity contribution is -0.120. The molecule has 1 amide bonds. The highest BCUT2D eigenvalue weighted by Crippen LogP contribution is 2.20. The number of nitrogens with one attached hydrogen (secondary N) is 2. The zero-order chi connectivity index (χ0) is 20.9. The van der Waals surface area contributed by atoms with Crippen LogP contribution in [0.2, 0.25) is 0 Å². The number of amides is 1. The molecule has 0 aliphatic heterocycles. The van der Waals surface area contributed by atoms with Gasteiger partial charge in [-0.1, -0.05) is 44.2 Å². The Morgan fingerprint density at radius 2 is 1.69 bits per heavy atom. The number of hydrogen-bond donors (Lipinski definition) is 2. The zero-order valence-electron chi connectivity index (χ0n) is 16.4. The van der Waals surface area contributed by atoms with Gasteiger partial charge >= 0.3 is 0 Å². The van der Waals surface area contributed by atoms with E-state index in [-0.39, 0.29) is 17.2 Å². The van der Waals surface area contributed by atoms with Crippen LogP contribution < -0.4 is 10.0 Å². The van der Waals surface area contributed by atoms with E-state index < -0.39 is 10.0 Å². The molecule has 2 aromatic carbocycles. The number of carbonyl (C=O) groups excluding carboxylic acids is 1. The summed E-state index contributed by atoms with van der Waals surface area (Å²) >= 11 is 1.60. The first-order chi connectivity index (χ1) is 13.8. The van der Waals surface area contributed by atoms with Crippen LogP contribution in [-0.4, -0.2) is 14.3 Å². The molecule has 0 spiro atoms. The van der Waals surface area contributed by atoms with Crippen LogP contribution in [0.1, 0.15) is 35.8 Å². The number of sulfonamides is 1. The third kappa shape index (κ3) is 5.92. The van der Waals surface area contributed by atoms with Crippen molar-refractivity contribution in [2.24, 2.45) is 0 Å². The molecule has 7 heteroatoms. The largest absolute Gasteiger partial charge is 0.351 e. The van der Waals surface area contributed by atoms with Gasteiger partial charge in [0.1, 0.15) is 0 Å². The van der Waals surface area contributed by atoms with E-state index in [2.05, 4.69) is 23.9 Å². The van der Waals surface area contributed by atoms with Crippen LogP contribution in [0.5, 0.6) is 0 Å². The van der Waals surface area contributed by atoms with Gasteiger partial charge in [-0.3, -0.25) is 9.52 Å². The van der Waals surface area contributed by atoms with Crippen LogP contribution in [0.4, 0.5) is 5.69 Å². The van der Waals surface area contributed by atoms with Gasteiger partial charge in [0.05, 0.1) is 17.9 Å². The average Bonchev–Trinajstić information content (AvgIpc) is 3.21. The second kappa shape index (κ2) is 9.24. The molecule has 0 saturated heterocycles. The first-order valence-corrected chi connectivity index (χ1v) is 11.7. The number of hydrogen-bond acceptors (Lipinski definition) is 4. The lowest BCUT2D eigenvalue weighted by atomic mass is 10.0. The van der Waals surface area contributed by atoms with Crippen LogP contribution in [0.25, 0.3) is 0 Å². The van der Waals surface area contributed by atoms with Gasteiger partial charge in [0, 0.05) is 10.6 Å². The van der Waals surface area contributed by atoms with Crippen molar-refractivity contribution in [1.82, 2.24) is 5.32 Å². The minimum absolute atomic E-state index is 0.0722. The van der Waals surface area contributed by atoms with Crippen molar-refractivity contribution >= 4 is 33.0 Å². The quantitative estimate of drug-likeness (QED) is 0.553. The predicted octanol–water partition coefficient (Wildman–Crippen LogP) is 4.53. The van der Waals surface area contributed by atoms with Crippen LogP contribution in [0.15, 0.2) is 70.9 Å². The van der Waals surface area contributed by atoms with Crippen LogP contribution in [-0.2, 0) is 27.8 Å². The molecule has 152 valence electrons. The maximum Gasteiger partial charge on any atom is 0.261 e. The van der Waals surface area contributed by atoms with Crippen LogP contribution >= 0.6 is 11.3 Å². The van der Waals surface area contributed by atoms with Crippen molar-refractivity contribution in [3.63, 3.8) is 0 Å². The lowest BCUT2D eigenvalue weighted by Gasteiger charge is -2.11. The summed E-state index contributed by atoms with van der Waals surface area (Å²) in [6.07, 6.45) is 0.245. The van der Waals surface area contributed by atoms with Crippen molar-refractivity contribution < 1.29 is 13.2 Å². The minimum atomic E-state index is -3.65. The van der Waals surface area contributed by atoms with Crippen molar-refractivity contribution in [1.29, 1.82) is 0 Å². The number of carbonyl (C=O) groups is 1. The highest BCUT2D eigenvalue weighted by Gasteiger charge is 2.14. The average molecular weight is 429 g/mol. The summed E-state index contributed by atoms with van der Waals surface area (Å²) in [5, 5.41) is 4.85. The minimum Gasteiger partial charge on any atom is -0.351 e. The van der Waals surface area contributed by atoms with Gasteiger partial charge in [-0.2, -0.15) is 0 Å². The molecule has 0 bridgehead atoms. The fourth-order valence-electron chi connectivity index (χ4n) is 2.78. The van der Waals surface area contributed by atoms with E-state index in [1.54, 1.807) is 47.7 Å². The van der Waals surface area contributed by atoms with Crippen molar-refractivity contribution in [2.45, 2.75) is 37.6 Å². The Morgan fingerprint density at radius 1 is 1.00 bits per heavy atom. The van der Waals surface area contributed by atoms with E-state index in [9.17, 15) is 13.2 Å². The van der Waals surface area contributed by atoms with Gasteiger partial charge in [0.25, 0.3) is 10.0 Å². The molecular formula is C22H24N2O3S2.